The van der Waals surface area contributed by atoms with E-state index in [1.54, 1.807) is 11.8 Å². The Morgan fingerprint density at radius 3 is 2.41 bits per heavy atom. The maximum absolute atomic E-state index is 12.4. The monoisotopic (exact) mass is 306 g/mol. The zero-order valence-electron chi connectivity index (χ0n) is 12.9. The molecule has 120 valence electrons. The van der Waals surface area contributed by atoms with Gasteiger partial charge in [-0.2, -0.15) is 0 Å². The third kappa shape index (κ3) is 6.39. The first-order valence-electron chi connectivity index (χ1n) is 7.21. The molecule has 0 saturated carbocycles. The highest BCUT2D eigenvalue weighted by atomic mass is 16.4. The van der Waals surface area contributed by atoms with Crippen molar-refractivity contribution in [2.45, 2.75) is 39.3 Å². The largest absolute Gasteiger partial charge is 0.481 e. The maximum atomic E-state index is 12.4. The summed E-state index contributed by atoms with van der Waals surface area (Å²) in [5.41, 5.74) is 0.959. The minimum absolute atomic E-state index is 0.00703. The van der Waals surface area contributed by atoms with Gasteiger partial charge in [0.1, 0.15) is 6.04 Å². The molecule has 0 fully saturated rings. The number of carbonyl (C=O) groups excluding carboxylic acids is 2. The average molecular weight is 306 g/mol. The summed E-state index contributed by atoms with van der Waals surface area (Å²) in [5.74, 6) is -1.38. The van der Waals surface area contributed by atoms with Gasteiger partial charge >= 0.3 is 5.97 Å². The van der Waals surface area contributed by atoms with Crippen LogP contribution in [0, 0.1) is 0 Å². The minimum Gasteiger partial charge on any atom is -0.481 e. The zero-order chi connectivity index (χ0) is 16.5. The molecule has 2 N–H and O–H groups in total. The van der Waals surface area contributed by atoms with E-state index in [1.807, 2.05) is 30.3 Å². The number of carbonyl (C=O) groups is 3. The second kappa shape index (κ2) is 8.81. The summed E-state index contributed by atoms with van der Waals surface area (Å²) in [6, 6.07) is 8.83. The first-order chi connectivity index (χ1) is 10.4. The molecule has 6 heteroatoms. The maximum Gasteiger partial charge on any atom is 0.303 e. The lowest BCUT2D eigenvalue weighted by molar-refractivity contribution is -0.139. The van der Waals surface area contributed by atoms with Crippen molar-refractivity contribution in [3.63, 3.8) is 0 Å². The average Bonchev–Trinajstić information content (AvgIpc) is 2.45. The van der Waals surface area contributed by atoms with Crippen molar-refractivity contribution in [3.8, 4) is 0 Å². The topological polar surface area (TPSA) is 86.7 Å². The lowest BCUT2D eigenvalue weighted by Crippen LogP contribution is -2.46. The summed E-state index contributed by atoms with van der Waals surface area (Å²) in [4.78, 5) is 35.7. The SMILES string of the molecule is CC(=O)NC(C)C(=O)N(CCCC(=O)O)Cc1ccccc1. The molecule has 0 aliphatic rings. The number of aliphatic carboxylic acids is 1. The van der Waals surface area contributed by atoms with Crippen LogP contribution in [0.15, 0.2) is 30.3 Å². The number of hydrogen-bond donors (Lipinski definition) is 2. The molecule has 0 spiro atoms. The van der Waals surface area contributed by atoms with Gasteiger partial charge in [-0.1, -0.05) is 30.3 Å². The Balaban J connectivity index is 2.73. The molecule has 2 amide bonds. The van der Waals surface area contributed by atoms with E-state index in [0.717, 1.165) is 5.56 Å². The molecule has 1 aromatic carbocycles. The van der Waals surface area contributed by atoms with Crippen LogP contribution < -0.4 is 5.32 Å². The van der Waals surface area contributed by atoms with Crippen molar-refractivity contribution in [2.75, 3.05) is 6.54 Å². The van der Waals surface area contributed by atoms with Crippen LogP contribution in [0.2, 0.25) is 0 Å². The van der Waals surface area contributed by atoms with Gasteiger partial charge in [0.15, 0.2) is 0 Å². The highest BCUT2D eigenvalue weighted by molar-refractivity contribution is 5.86. The van der Waals surface area contributed by atoms with Gasteiger partial charge in [0, 0.05) is 26.4 Å². The van der Waals surface area contributed by atoms with E-state index in [1.165, 1.54) is 6.92 Å². The lowest BCUT2D eigenvalue weighted by Gasteiger charge is -2.26. The van der Waals surface area contributed by atoms with Crippen LogP contribution in [-0.2, 0) is 20.9 Å². The lowest BCUT2D eigenvalue weighted by atomic mass is 10.1. The van der Waals surface area contributed by atoms with E-state index in [0.29, 0.717) is 19.5 Å². The van der Waals surface area contributed by atoms with Crippen LogP contribution in [0.5, 0.6) is 0 Å². The molecule has 0 radical (unpaired) electrons. The molecule has 0 aliphatic carbocycles. The van der Waals surface area contributed by atoms with Gasteiger partial charge in [-0.05, 0) is 18.9 Å². The molecular formula is C16H22N2O4. The van der Waals surface area contributed by atoms with Gasteiger partial charge in [0.25, 0.3) is 0 Å². The van der Waals surface area contributed by atoms with Gasteiger partial charge in [0.2, 0.25) is 11.8 Å². The number of nitrogens with one attached hydrogen (secondary N) is 1. The molecule has 6 nitrogen and oxygen atoms in total. The van der Waals surface area contributed by atoms with Crippen molar-refractivity contribution < 1.29 is 19.5 Å². The summed E-state index contributed by atoms with van der Waals surface area (Å²) in [7, 11) is 0. The molecule has 22 heavy (non-hydrogen) atoms. The van der Waals surface area contributed by atoms with Crippen LogP contribution in [0.1, 0.15) is 32.3 Å². The van der Waals surface area contributed by atoms with E-state index in [2.05, 4.69) is 5.32 Å². The van der Waals surface area contributed by atoms with Gasteiger partial charge in [-0.15, -0.1) is 0 Å². The molecule has 0 aromatic heterocycles. The van der Waals surface area contributed by atoms with Crippen LogP contribution in [0.25, 0.3) is 0 Å². The quantitative estimate of drug-likeness (QED) is 0.760. The Hall–Kier alpha value is -2.37. The van der Waals surface area contributed by atoms with Crippen LogP contribution in [-0.4, -0.2) is 40.4 Å². The summed E-state index contributed by atoms with van der Waals surface area (Å²) >= 11 is 0. The van der Waals surface area contributed by atoms with Crippen molar-refractivity contribution in [1.29, 1.82) is 0 Å². The number of carboxylic acids is 1. The van der Waals surface area contributed by atoms with Gasteiger partial charge in [-0.25, -0.2) is 0 Å². The highest BCUT2D eigenvalue weighted by Crippen LogP contribution is 2.08. The summed E-state index contributed by atoms with van der Waals surface area (Å²) in [6.07, 6.45) is 0.383. The Morgan fingerprint density at radius 1 is 1.23 bits per heavy atom. The number of nitrogens with zero attached hydrogens (tertiary/aromatic N) is 1. The molecule has 0 saturated heterocycles. The second-order valence-corrected chi connectivity index (χ2v) is 5.16. The smallest absolute Gasteiger partial charge is 0.303 e. The van der Waals surface area contributed by atoms with Gasteiger partial charge in [0.05, 0.1) is 0 Å². The third-order valence-corrected chi connectivity index (χ3v) is 3.14. The first-order valence-corrected chi connectivity index (χ1v) is 7.21. The molecule has 0 bridgehead atoms. The second-order valence-electron chi connectivity index (χ2n) is 5.16. The molecule has 1 unspecified atom stereocenters. The fourth-order valence-electron chi connectivity index (χ4n) is 2.13. The fourth-order valence-corrected chi connectivity index (χ4v) is 2.13. The Morgan fingerprint density at radius 2 is 1.86 bits per heavy atom. The Labute approximate surface area is 130 Å². The fraction of sp³-hybridized carbons (Fsp3) is 0.438. The molecule has 1 atom stereocenters. The Bertz CT molecular complexity index is 516. The van der Waals surface area contributed by atoms with Gasteiger partial charge < -0.3 is 15.3 Å². The third-order valence-electron chi connectivity index (χ3n) is 3.14. The van der Waals surface area contributed by atoms with E-state index in [-0.39, 0.29) is 18.2 Å². The Kier molecular flexibility index (Phi) is 7.08. The molecule has 1 rings (SSSR count). The van der Waals surface area contributed by atoms with Crippen molar-refractivity contribution in [2.24, 2.45) is 0 Å². The van der Waals surface area contributed by atoms with Crippen molar-refractivity contribution in [1.82, 2.24) is 10.2 Å². The number of carboxylic acid groups (broad SMARTS) is 1. The first kappa shape index (κ1) is 17.7. The van der Waals surface area contributed by atoms with Crippen LogP contribution in [0.3, 0.4) is 0 Å². The number of amides is 2. The number of benzene rings is 1. The van der Waals surface area contributed by atoms with Gasteiger partial charge in [-0.3, -0.25) is 14.4 Å². The molecule has 1 aromatic rings. The van der Waals surface area contributed by atoms with E-state index >= 15 is 0 Å². The molecule has 0 heterocycles. The summed E-state index contributed by atoms with van der Waals surface area (Å²) in [6.45, 7) is 3.71. The number of hydrogen-bond acceptors (Lipinski definition) is 3. The van der Waals surface area contributed by atoms with Crippen LogP contribution in [0.4, 0.5) is 0 Å². The standard InChI is InChI=1S/C16H22N2O4/c1-12(17-13(2)19)16(22)18(10-6-9-15(20)21)11-14-7-4-3-5-8-14/h3-5,7-8,12H,6,9-11H2,1-2H3,(H,17,19)(H,20,21). The predicted molar refractivity (Wildman–Crippen MR) is 82.0 cm³/mol. The number of rotatable bonds is 8. The molecule has 0 aliphatic heterocycles. The summed E-state index contributed by atoms with van der Waals surface area (Å²) < 4.78 is 0. The minimum atomic E-state index is -0.887. The van der Waals surface area contributed by atoms with E-state index in [9.17, 15) is 14.4 Å². The summed E-state index contributed by atoms with van der Waals surface area (Å²) in [5, 5.41) is 11.3. The van der Waals surface area contributed by atoms with Crippen LogP contribution >= 0.6 is 0 Å². The van der Waals surface area contributed by atoms with Crippen molar-refractivity contribution in [3.05, 3.63) is 35.9 Å². The zero-order valence-corrected chi connectivity index (χ0v) is 12.9. The van der Waals surface area contributed by atoms with E-state index in [4.69, 9.17) is 5.11 Å². The van der Waals surface area contributed by atoms with Crippen molar-refractivity contribution >= 4 is 17.8 Å². The highest BCUT2D eigenvalue weighted by Gasteiger charge is 2.21. The molecular weight excluding hydrogens is 284 g/mol. The normalized spacial score (nSPS) is 11.5. The van der Waals surface area contributed by atoms with E-state index < -0.39 is 12.0 Å². The predicted octanol–water partition coefficient (Wildman–Crippen LogP) is 1.40.